The quantitative estimate of drug-likeness (QED) is 0.509. The maximum Gasteiger partial charge on any atom is 0.210 e. The average molecular weight is 386 g/mol. The lowest BCUT2D eigenvalue weighted by molar-refractivity contribution is 0.415. The molecule has 6 rings (SSSR count). The number of aryl methyl sites for hydroxylation is 1. The molecule has 0 aliphatic carbocycles. The predicted molar refractivity (Wildman–Crippen MR) is 115 cm³/mol. The minimum atomic E-state index is 0.854. The Labute approximate surface area is 167 Å². The highest BCUT2D eigenvalue weighted by atomic mass is 16.5. The van der Waals surface area contributed by atoms with Gasteiger partial charge < -0.3 is 19.2 Å². The molecule has 1 aliphatic heterocycles. The highest BCUT2D eigenvalue weighted by Crippen LogP contribution is 2.34. The molecule has 1 aliphatic rings. The monoisotopic (exact) mass is 386 g/mol. The van der Waals surface area contributed by atoms with Gasteiger partial charge in [0.05, 0.1) is 36.2 Å². The summed E-state index contributed by atoms with van der Waals surface area (Å²) in [5.41, 5.74) is 6.28. The topological polar surface area (TPSA) is 63.4 Å². The molecule has 1 N–H and O–H groups in total. The van der Waals surface area contributed by atoms with Crippen molar-refractivity contribution in [1.29, 1.82) is 0 Å². The lowest BCUT2D eigenvalue weighted by Crippen LogP contribution is -2.20. The van der Waals surface area contributed by atoms with E-state index in [1.807, 2.05) is 18.5 Å². The molecule has 5 aromatic rings. The summed E-state index contributed by atoms with van der Waals surface area (Å²) >= 11 is 0. The minimum absolute atomic E-state index is 0.854. The normalized spacial score (nSPS) is 14.6. The molecule has 0 spiro atoms. The van der Waals surface area contributed by atoms with Gasteiger partial charge >= 0.3 is 0 Å². The summed E-state index contributed by atoms with van der Waals surface area (Å²) < 4.78 is 9.82. The van der Waals surface area contributed by atoms with Gasteiger partial charge in [-0.25, -0.2) is 9.97 Å². The molecule has 7 heteroatoms. The Bertz CT molecular complexity index is 1370. The fourth-order valence-electron chi connectivity index (χ4n) is 4.52. The Morgan fingerprint density at radius 3 is 2.69 bits per heavy atom. The third-order valence-electron chi connectivity index (χ3n) is 5.99. The second kappa shape index (κ2) is 6.01. The first-order valence-electron chi connectivity index (χ1n) is 9.96. The molecule has 0 unspecified atom stereocenters. The van der Waals surface area contributed by atoms with Crippen LogP contribution in [-0.2, 0) is 7.05 Å². The maximum absolute atomic E-state index is 5.45. The third-order valence-corrected chi connectivity index (χ3v) is 5.99. The predicted octanol–water partition coefficient (Wildman–Crippen LogP) is 3.98. The Morgan fingerprint density at radius 1 is 1.03 bits per heavy atom. The van der Waals surface area contributed by atoms with Gasteiger partial charge in [0.25, 0.3) is 0 Å². The molecular formula is C22H22N6O. The van der Waals surface area contributed by atoms with E-state index in [1.54, 1.807) is 7.11 Å². The fraction of sp³-hybridized carbons (Fsp3) is 0.273. The molecule has 7 nitrogen and oxygen atoms in total. The number of benzene rings is 1. The summed E-state index contributed by atoms with van der Waals surface area (Å²) in [5.74, 6) is 1.86. The lowest BCUT2D eigenvalue weighted by Gasteiger charge is -2.15. The first kappa shape index (κ1) is 16.5. The molecule has 0 radical (unpaired) electrons. The number of H-pyrrole nitrogens is 1. The number of nitrogens with one attached hydrogen (secondary N) is 1. The molecule has 1 aromatic carbocycles. The van der Waals surface area contributed by atoms with E-state index in [0.29, 0.717) is 0 Å². The van der Waals surface area contributed by atoms with E-state index in [0.717, 1.165) is 63.6 Å². The molecule has 0 atom stereocenters. The van der Waals surface area contributed by atoms with E-state index < -0.39 is 0 Å². The van der Waals surface area contributed by atoms with E-state index in [2.05, 4.69) is 55.3 Å². The van der Waals surface area contributed by atoms with Crippen LogP contribution in [0.1, 0.15) is 12.8 Å². The van der Waals surface area contributed by atoms with Gasteiger partial charge in [-0.3, -0.25) is 4.40 Å². The number of hydrogen-bond donors (Lipinski definition) is 1. The number of rotatable bonds is 3. The summed E-state index contributed by atoms with van der Waals surface area (Å²) in [4.78, 5) is 15.2. The zero-order chi connectivity index (χ0) is 19.5. The molecule has 1 fully saturated rings. The number of ether oxygens (including phenoxy) is 1. The summed E-state index contributed by atoms with van der Waals surface area (Å²) in [6, 6.07) is 8.37. The van der Waals surface area contributed by atoms with E-state index in [9.17, 15) is 0 Å². The van der Waals surface area contributed by atoms with Crippen LogP contribution in [0.25, 0.3) is 38.8 Å². The van der Waals surface area contributed by atoms with Crippen molar-refractivity contribution >= 4 is 33.5 Å². The number of hydrogen-bond acceptors (Lipinski definition) is 4. The number of aromatic nitrogens is 5. The minimum Gasteiger partial charge on any atom is -0.497 e. The SMILES string of the molecule is COc1ccc2c(c1)c(-c1cc3c(ncc4cnc(N5CCCC5)n43)[nH]1)cn2C. The van der Waals surface area contributed by atoms with E-state index in [-0.39, 0.29) is 0 Å². The first-order chi connectivity index (χ1) is 14.2. The molecule has 0 amide bonds. The number of nitrogens with zero attached hydrogens (tertiary/aromatic N) is 5. The Kier molecular flexibility index (Phi) is 3.41. The van der Waals surface area contributed by atoms with Crippen molar-refractivity contribution in [2.75, 3.05) is 25.1 Å². The van der Waals surface area contributed by atoms with E-state index in [1.165, 1.54) is 12.8 Å². The second-order valence-corrected chi connectivity index (χ2v) is 7.72. The summed E-state index contributed by atoms with van der Waals surface area (Å²) in [5, 5.41) is 1.15. The zero-order valence-corrected chi connectivity index (χ0v) is 16.5. The van der Waals surface area contributed by atoms with Crippen molar-refractivity contribution in [3.63, 3.8) is 0 Å². The number of aromatic amines is 1. The summed E-state index contributed by atoms with van der Waals surface area (Å²) in [7, 11) is 3.77. The number of methoxy groups -OCH3 is 1. The molecule has 0 bridgehead atoms. The van der Waals surface area contributed by atoms with Gasteiger partial charge in [0.15, 0.2) is 5.65 Å². The average Bonchev–Trinajstić information content (AvgIpc) is 3.51. The smallest absolute Gasteiger partial charge is 0.210 e. The van der Waals surface area contributed by atoms with Crippen molar-refractivity contribution in [2.24, 2.45) is 7.05 Å². The Balaban J connectivity index is 1.59. The van der Waals surface area contributed by atoms with Crippen molar-refractivity contribution in [3.8, 4) is 17.0 Å². The Hall–Kier alpha value is -3.48. The first-order valence-corrected chi connectivity index (χ1v) is 9.96. The molecule has 146 valence electrons. The molecule has 4 aromatic heterocycles. The standard InChI is InChI=1S/C22H22N6O/c1-26-13-17(16-9-15(29-2)5-6-19(16)26)18-10-20-21(25-18)23-11-14-12-24-22(28(14)20)27-7-3-4-8-27/h5-6,9-13,25H,3-4,7-8H2,1-2H3. The van der Waals surface area contributed by atoms with Crippen molar-refractivity contribution < 1.29 is 4.74 Å². The zero-order valence-electron chi connectivity index (χ0n) is 16.5. The van der Waals surface area contributed by atoms with Crippen LogP contribution in [0.2, 0.25) is 0 Å². The second-order valence-electron chi connectivity index (χ2n) is 7.72. The van der Waals surface area contributed by atoms with Gasteiger partial charge in [-0.15, -0.1) is 0 Å². The van der Waals surface area contributed by atoms with Crippen LogP contribution >= 0.6 is 0 Å². The molecule has 0 saturated carbocycles. The van der Waals surface area contributed by atoms with Gasteiger partial charge in [0.2, 0.25) is 5.95 Å². The van der Waals surface area contributed by atoms with E-state index >= 15 is 0 Å². The third kappa shape index (κ3) is 2.36. The summed E-state index contributed by atoms with van der Waals surface area (Å²) in [6.07, 6.45) is 8.40. The Morgan fingerprint density at radius 2 is 1.86 bits per heavy atom. The van der Waals surface area contributed by atoms with Gasteiger partial charge in [0.1, 0.15) is 5.75 Å². The molecular weight excluding hydrogens is 364 g/mol. The maximum atomic E-state index is 5.45. The number of anilines is 1. The molecule has 1 saturated heterocycles. The van der Waals surface area contributed by atoms with Crippen LogP contribution < -0.4 is 9.64 Å². The van der Waals surface area contributed by atoms with Gasteiger partial charge in [-0.2, -0.15) is 0 Å². The molecule has 5 heterocycles. The van der Waals surface area contributed by atoms with Crippen LogP contribution in [0.4, 0.5) is 5.95 Å². The van der Waals surface area contributed by atoms with Crippen LogP contribution in [0.5, 0.6) is 5.75 Å². The van der Waals surface area contributed by atoms with E-state index in [4.69, 9.17) is 9.72 Å². The van der Waals surface area contributed by atoms with Crippen LogP contribution in [-0.4, -0.2) is 44.1 Å². The number of fused-ring (bicyclic) bond motifs is 4. The van der Waals surface area contributed by atoms with Gasteiger partial charge in [-0.05, 0) is 37.1 Å². The van der Waals surface area contributed by atoms with Crippen LogP contribution in [0, 0.1) is 0 Å². The van der Waals surface area contributed by atoms with Gasteiger partial charge in [-0.1, -0.05) is 0 Å². The van der Waals surface area contributed by atoms with Crippen LogP contribution in [0.15, 0.2) is 42.9 Å². The fourth-order valence-corrected chi connectivity index (χ4v) is 4.52. The van der Waals surface area contributed by atoms with Crippen molar-refractivity contribution in [2.45, 2.75) is 12.8 Å². The lowest BCUT2D eigenvalue weighted by atomic mass is 10.1. The highest BCUT2D eigenvalue weighted by Gasteiger charge is 2.20. The van der Waals surface area contributed by atoms with Crippen molar-refractivity contribution in [3.05, 3.63) is 42.9 Å². The summed E-state index contributed by atoms with van der Waals surface area (Å²) in [6.45, 7) is 2.12. The van der Waals surface area contributed by atoms with Crippen molar-refractivity contribution in [1.82, 2.24) is 23.9 Å². The highest BCUT2D eigenvalue weighted by molar-refractivity contribution is 5.98. The molecule has 29 heavy (non-hydrogen) atoms. The largest absolute Gasteiger partial charge is 0.497 e. The number of imidazole rings is 1. The van der Waals surface area contributed by atoms with Gasteiger partial charge in [0, 0.05) is 42.8 Å². The van der Waals surface area contributed by atoms with Crippen LogP contribution in [0.3, 0.4) is 0 Å².